The molecule has 198 valence electrons. The molecule has 2 aromatic carbocycles. The molecule has 1 spiro atoms. The van der Waals surface area contributed by atoms with Crippen molar-refractivity contribution in [3.63, 3.8) is 0 Å². The van der Waals surface area contributed by atoms with Gasteiger partial charge in [0.1, 0.15) is 11.8 Å². The van der Waals surface area contributed by atoms with Gasteiger partial charge in [0.25, 0.3) is 0 Å². The number of aromatic amines is 2. The Labute approximate surface area is 220 Å². The van der Waals surface area contributed by atoms with E-state index in [4.69, 9.17) is 0 Å². The maximum atomic E-state index is 15.1. The van der Waals surface area contributed by atoms with Gasteiger partial charge >= 0.3 is 0 Å². The van der Waals surface area contributed by atoms with E-state index in [1.165, 1.54) is 33.3 Å². The molecule has 3 aliphatic rings. The summed E-state index contributed by atoms with van der Waals surface area (Å²) in [6.45, 7) is 8.84. The van der Waals surface area contributed by atoms with E-state index in [2.05, 4.69) is 75.2 Å². The van der Waals surface area contributed by atoms with Gasteiger partial charge in [-0.15, -0.1) is 0 Å². The quantitative estimate of drug-likeness (QED) is 0.301. The summed E-state index contributed by atoms with van der Waals surface area (Å²) in [6.07, 6.45) is 1.79. The van der Waals surface area contributed by atoms with E-state index >= 15 is 4.39 Å². The highest BCUT2D eigenvalue weighted by molar-refractivity contribution is 5.86. The average molecular weight is 507 g/mol. The van der Waals surface area contributed by atoms with Crippen molar-refractivity contribution in [1.82, 2.24) is 19.8 Å². The predicted molar refractivity (Wildman–Crippen MR) is 150 cm³/mol. The van der Waals surface area contributed by atoms with Crippen LogP contribution in [-0.4, -0.2) is 57.3 Å². The Hall–Kier alpha value is -2.70. The minimum absolute atomic E-state index is 0. The number of aromatic nitrogens is 2. The van der Waals surface area contributed by atoms with E-state index in [1.807, 2.05) is 0 Å². The topological polar surface area (TPSA) is 38.1 Å². The van der Waals surface area contributed by atoms with E-state index in [9.17, 15) is 4.39 Å². The number of halogens is 2. The van der Waals surface area contributed by atoms with Crippen molar-refractivity contribution >= 4 is 21.8 Å². The summed E-state index contributed by atoms with van der Waals surface area (Å²) in [4.78, 5) is 12.1. The molecule has 1 saturated heterocycles. The third-order valence-electron chi connectivity index (χ3n) is 8.91. The molecule has 2 fully saturated rings. The normalized spacial score (nSPS) is 24.5. The van der Waals surface area contributed by atoms with Gasteiger partial charge in [-0.2, -0.15) is 0 Å². The molecule has 0 unspecified atom stereocenters. The Morgan fingerprint density at radius 3 is 2.59 bits per heavy atom. The molecular weight excluding hydrogens is 466 g/mol. The zero-order chi connectivity index (χ0) is 25.5. The number of benzene rings is 2. The van der Waals surface area contributed by atoms with Crippen molar-refractivity contribution in [2.45, 2.75) is 70.5 Å². The molecule has 1 saturated carbocycles. The lowest BCUT2D eigenvalue weighted by Gasteiger charge is -2.57. The third kappa shape index (κ3) is 4.00. The van der Waals surface area contributed by atoms with Crippen LogP contribution in [0.2, 0.25) is 0 Å². The highest BCUT2D eigenvalue weighted by Crippen LogP contribution is 2.50. The molecule has 0 bridgehead atoms. The van der Waals surface area contributed by atoms with Crippen LogP contribution in [0.1, 0.15) is 65.0 Å². The van der Waals surface area contributed by atoms with Crippen molar-refractivity contribution in [1.29, 1.82) is 0 Å². The first-order valence-electron chi connectivity index (χ1n) is 13.7. The van der Waals surface area contributed by atoms with Gasteiger partial charge in [0.2, 0.25) is 0 Å². The first-order chi connectivity index (χ1) is 17.7. The van der Waals surface area contributed by atoms with Crippen LogP contribution in [0.15, 0.2) is 48.5 Å². The Kier molecular flexibility index (Phi) is 5.16. The molecule has 2 aliphatic heterocycles. The Morgan fingerprint density at radius 2 is 1.84 bits per heavy atom. The molecule has 7 rings (SSSR count). The van der Waals surface area contributed by atoms with E-state index in [1.54, 1.807) is 13.8 Å². The number of nitrogens with zero attached hydrogens (tertiary/aromatic N) is 2. The summed E-state index contributed by atoms with van der Waals surface area (Å²) >= 11 is 0. The molecule has 6 heteroatoms. The number of fused-ring (bicyclic) bond motifs is 4. The van der Waals surface area contributed by atoms with Crippen LogP contribution in [0, 0.1) is 5.41 Å². The van der Waals surface area contributed by atoms with Crippen molar-refractivity contribution < 1.29 is 11.6 Å². The summed E-state index contributed by atoms with van der Waals surface area (Å²) in [5, 5.41) is 2.46. The first-order valence-corrected chi connectivity index (χ1v) is 13.7. The van der Waals surface area contributed by atoms with Crippen molar-refractivity contribution in [3.8, 4) is 0 Å². The molecule has 0 amide bonds. The van der Waals surface area contributed by atoms with Gasteiger partial charge in [-0.3, -0.25) is 9.80 Å². The maximum absolute atomic E-state index is 15.1. The summed E-state index contributed by atoms with van der Waals surface area (Å²) in [7, 11) is 0. The molecule has 4 heterocycles. The van der Waals surface area contributed by atoms with Crippen LogP contribution in [0.3, 0.4) is 0 Å². The number of hydrogen-bond acceptors (Lipinski definition) is 2. The molecule has 2 atom stereocenters. The summed E-state index contributed by atoms with van der Waals surface area (Å²) in [5.41, 5.74) is 6.16. The summed E-state index contributed by atoms with van der Waals surface area (Å²) < 4.78 is 28.4. The monoisotopic (exact) mass is 506 g/mol. The fourth-order valence-electron chi connectivity index (χ4n) is 7.41. The van der Waals surface area contributed by atoms with Gasteiger partial charge in [-0.05, 0) is 75.4 Å². The second-order valence-corrected chi connectivity index (χ2v) is 12.7. The smallest absolute Gasteiger partial charge is 0.118 e. The second kappa shape index (κ2) is 8.15. The van der Waals surface area contributed by atoms with Crippen LogP contribution in [0.25, 0.3) is 21.8 Å². The predicted octanol–water partition coefficient (Wildman–Crippen LogP) is 7.16. The van der Waals surface area contributed by atoms with Crippen molar-refractivity contribution in [2.24, 2.45) is 5.41 Å². The molecular formula is C31H40F2N4. The van der Waals surface area contributed by atoms with Crippen LogP contribution < -0.4 is 0 Å². The lowest BCUT2D eigenvalue weighted by atomic mass is 9.62. The van der Waals surface area contributed by atoms with Crippen molar-refractivity contribution in [3.05, 3.63) is 71.0 Å². The maximum Gasteiger partial charge on any atom is 0.118 e. The number of hydrogen-bond donors (Lipinski definition) is 2. The van der Waals surface area contributed by atoms with E-state index in [0.717, 1.165) is 49.9 Å². The molecule has 2 N–H and O–H groups in total. The van der Waals surface area contributed by atoms with E-state index in [-0.39, 0.29) is 20.4 Å². The minimum Gasteiger partial charge on any atom is -0.357 e. The Bertz CT molecular complexity index is 1480. The molecule has 1 aliphatic carbocycles. The number of likely N-dealkylation sites (tertiary alicyclic amines) is 1. The summed E-state index contributed by atoms with van der Waals surface area (Å²) in [5.74, 6) is 0. The van der Waals surface area contributed by atoms with Crippen LogP contribution >= 0.6 is 0 Å². The number of para-hydroxylation sites is 1. The van der Waals surface area contributed by atoms with Gasteiger partial charge in [0.05, 0.1) is 6.04 Å². The number of rotatable bonds is 5. The minimum atomic E-state index is -1.29. The Balaban J connectivity index is 0.00000154. The fraction of sp³-hybridized carbons (Fsp3) is 0.484. The number of nitrogens with one attached hydrogen (secondary N) is 2. The lowest BCUT2D eigenvalue weighted by molar-refractivity contribution is -0.106. The van der Waals surface area contributed by atoms with Gasteiger partial charge < -0.3 is 9.97 Å². The summed E-state index contributed by atoms with van der Waals surface area (Å²) in [6, 6.07) is 17.6. The number of H-pyrrole nitrogens is 2. The van der Waals surface area contributed by atoms with Crippen molar-refractivity contribution in [2.75, 3.05) is 19.6 Å². The zero-order valence-electron chi connectivity index (χ0n) is 22.0. The van der Waals surface area contributed by atoms with E-state index < -0.39 is 11.8 Å². The third-order valence-corrected chi connectivity index (χ3v) is 8.91. The molecule has 4 nitrogen and oxygen atoms in total. The molecule has 2 aromatic heterocycles. The lowest BCUT2D eigenvalue weighted by Crippen LogP contribution is -2.62. The van der Waals surface area contributed by atoms with Crippen LogP contribution in [0.4, 0.5) is 8.78 Å². The van der Waals surface area contributed by atoms with Gasteiger partial charge in [0, 0.05) is 73.7 Å². The standard InChI is InChI=1S/C31H36F2N4.2H2/c1-19-10-25-24-6-4-5-7-27(24)35-28(25)29(37(19)16-30(2,3)33)20-8-9-26-21(11-20)12-23(34-26)15-36-17-31(18-36)13-22(32)14-31;;/h4-9,11-12,19,22,29,34-35H,10,13-18H2,1-3H3;2*1H/t19-,29-;;/m1../s1. The highest BCUT2D eigenvalue weighted by Gasteiger charge is 2.52. The van der Waals surface area contributed by atoms with E-state index in [0.29, 0.717) is 6.54 Å². The van der Waals surface area contributed by atoms with Gasteiger partial charge in [-0.25, -0.2) is 8.78 Å². The largest absolute Gasteiger partial charge is 0.357 e. The van der Waals surface area contributed by atoms with Gasteiger partial charge in [-0.1, -0.05) is 24.3 Å². The van der Waals surface area contributed by atoms with Crippen LogP contribution in [0.5, 0.6) is 0 Å². The molecule has 4 aromatic rings. The second-order valence-electron chi connectivity index (χ2n) is 12.7. The zero-order valence-corrected chi connectivity index (χ0v) is 22.0. The average Bonchev–Trinajstić information content (AvgIpc) is 3.36. The highest BCUT2D eigenvalue weighted by atomic mass is 19.1. The van der Waals surface area contributed by atoms with Crippen LogP contribution in [-0.2, 0) is 13.0 Å². The fourth-order valence-corrected chi connectivity index (χ4v) is 7.41. The SMILES string of the molecule is C[C@@H]1Cc2c([nH]c3ccccc23)[C@@H](c2ccc3[nH]c(CN4CC5(CC(F)C5)C4)cc3c2)N1CC(C)(C)F.[HH].[HH]. The molecule has 0 radical (unpaired) electrons. The molecule has 37 heavy (non-hydrogen) atoms. The first kappa shape index (κ1) is 23.4. The number of alkyl halides is 2. The Morgan fingerprint density at radius 1 is 1.05 bits per heavy atom. The van der Waals surface area contributed by atoms with Gasteiger partial charge in [0.15, 0.2) is 0 Å².